The van der Waals surface area contributed by atoms with Gasteiger partial charge < -0.3 is 9.84 Å². The van der Waals surface area contributed by atoms with Gasteiger partial charge in [0.1, 0.15) is 11.5 Å². The molecule has 0 aliphatic heterocycles. The van der Waals surface area contributed by atoms with Crippen LogP contribution in [0.4, 0.5) is 35.1 Å². The predicted octanol–water partition coefficient (Wildman–Crippen LogP) is 12.2. The molecule has 248 valence electrons. The number of hydrogen-bond donors (Lipinski definition) is 2. The first-order valence-corrected chi connectivity index (χ1v) is 16.0. The van der Waals surface area contributed by atoms with Crippen LogP contribution >= 0.6 is 36.2 Å². The van der Waals surface area contributed by atoms with Crippen LogP contribution in [0.2, 0.25) is 0 Å². The number of thiol groups is 1. The Bertz CT molecular complexity index is 2120. The number of rotatable bonds is 8. The lowest BCUT2D eigenvalue weighted by molar-refractivity contribution is 0.366. The van der Waals surface area contributed by atoms with Crippen LogP contribution in [-0.2, 0) is 0 Å². The second-order valence-corrected chi connectivity index (χ2v) is 13.0. The number of hydrogen-bond acceptors (Lipinski definition) is 5. The van der Waals surface area contributed by atoms with Crippen LogP contribution < -0.4 is 4.74 Å². The van der Waals surface area contributed by atoms with E-state index in [1.165, 1.54) is 60.3 Å². The molecule has 6 aromatic carbocycles. The molecular weight excluding hydrogens is 713 g/mol. The van der Waals surface area contributed by atoms with Crippen LogP contribution in [0, 0.1) is 46.5 Å². The third-order valence-electron chi connectivity index (χ3n) is 7.09. The second-order valence-electron chi connectivity index (χ2n) is 10.3. The van der Waals surface area contributed by atoms with E-state index in [0.29, 0.717) is 22.9 Å². The SMILES string of the molecule is Oc1ccc(-c2ccc(Oc3c(F)c(F)c(-c4c(F)c(F)c(Sc5ccc(Sc6ccc(S)cc6)cc5)c(F)c4F)c(F)c3F)cc2)cc1. The van der Waals surface area contributed by atoms with E-state index >= 15 is 35.1 Å². The summed E-state index contributed by atoms with van der Waals surface area (Å²) in [5.41, 5.74) is -2.73. The largest absolute Gasteiger partial charge is 0.508 e. The molecule has 13 heteroatoms. The summed E-state index contributed by atoms with van der Waals surface area (Å²) in [6, 6.07) is 24.7. The number of phenolic OH excluding ortho intramolecular Hbond substituents is 1. The quantitative estimate of drug-likeness (QED) is 0.0927. The Morgan fingerprint density at radius 3 is 1.31 bits per heavy atom. The maximum atomic E-state index is 15.3. The van der Waals surface area contributed by atoms with Gasteiger partial charge in [0, 0.05) is 19.6 Å². The first-order valence-electron chi connectivity index (χ1n) is 14.0. The van der Waals surface area contributed by atoms with Crippen molar-refractivity contribution < 1.29 is 45.0 Å². The first-order chi connectivity index (χ1) is 23.4. The number of halogens is 8. The van der Waals surface area contributed by atoms with Gasteiger partial charge in [0.15, 0.2) is 34.9 Å². The maximum absolute atomic E-state index is 15.3. The van der Waals surface area contributed by atoms with Crippen molar-refractivity contribution in [3.63, 3.8) is 0 Å². The zero-order valence-electron chi connectivity index (χ0n) is 24.4. The Balaban J connectivity index is 1.28. The van der Waals surface area contributed by atoms with E-state index < -0.39 is 68.3 Å². The van der Waals surface area contributed by atoms with Crippen LogP contribution in [0.25, 0.3) is 22.3 Å². The molecule has 0 saturated carbocycles. The fourth-order valence-electron chi connectivity index (χ4n) is 4.67. The van der Waals surface area contributed by atoms with Crippen molar-refractivity contribution in [1.29, 1.82) is 0 Å². The summed E-state index contributed by atoms with van der Waals surface area (Å²) in [4.78, 5) is 1.36. The Labute approximate surface area is 287 Å². The van der Waals surface area contributed by atoms with E-state index in [1.54, 1.807) is 36.4 Å². The average Bonchev–Trinajstić information content (AvgIpc) is 3.10. The van der Waals surface area contributed by atoms with Gasteiger partial charge in [-0.3, -0.25) is 0 Å². The molecule has 0 fully saturated rings. The van der Waals surface area contributed by atoms with E-state index in [4.69, 9.17) is 4.74 Å². The van der Waals surface area contributed by atoms with Crippen molar-refractivity contribution in [2.45, 2.75) is 24.5 Å². The minimum Gasteiger partial charge on any atom is -0.508 e. The van der Waals surface area contributed by atoms with E-state index in [2.05, 4.69) is 12.6 Å². The number of phenols is 1. The molecule has 0 unspecified atom stereocenters. The molecule has 49 heavy (non-hydrogen) atoms. The van der Waals surface area contributed by atoms with Gasteiger partial charge in [0.2, 0.25) is 17.4 Å². The van der Waals surface area contributed by atoms with E-state index in [9.17, 15) is 5.11 Å². The topological polar surface area (TPSA) is 29.5 Å². The van der Waals surface area contributed by atoms with Crippen molar-refractivity contribution >= 4 is 36.2 Å². The Morgan fingerprint density at radius 1 is 0.449 bits per heavy atom. The smallest absolute Gasteiger partial charge is 0.205 e. The van der Waals surface area contributed by atoms with Gasteiger partial charge in [-0.1, -0.05) is 47.8 Å². The number of ether oxygens (including phenoxy) is 1. The minimum absolute atomic E-state index is 0.0236. The summed E-state index contributed by atoms with van der Waals surface area (Å²) in [6.45, 7) is 0. The summed E-state index contributed by atoms with van der Waals surface area (Å²) in [7, 11) is 0. The summed E-state index contributed by atoms with van der Waals surface area (Å²) >= 11 is 5.88. The molecule has 0 spiro atoms. The Hall–Kier alpha value is -4.59. The van der Waals surface area contributed by atoms with Crippen LogP contribution in [0.5, 0.6) is 17.2 Å². The average molecular weight is 731 g/mol. The zero-order chi connectivity index (χ0) is 35.0. The van der Waals surface area contributed by atoms with Gasteiger partial charge in [-0.2, -0.15) is 8.78 Å². The first kappa shape index (κ1) is 34.3. The monoisotopic (exact) mass is 730 g/mol. The van der Waals surface area contributed by atoms with E-state index in [0.717, 1.165) is 14.7 Å². The highest BCUT2D eigenvalue weighted by atomic mass is 32.2. The second kappa shape index (κ2) is 14.1. The summed E-state index contributed by atoms with van der Waals surface area (Å²) in [6.07, 6.45) is 0. The van der Waals surface area contributed by atoms with Gasteiger partial charge in [-0.15, -0.1) is 12.6 Å². The third-order valence-corrected chi connectivity index (χ3v) is 9.47. The van der Waals surface area contributed by atoms with Crippen molar-refractivity contribution in [2.75, 3.05) is 0 Å². The van der Waals surface area contributed by atoms with Crippen molar-refractivity contribution in [1.82, 2.24) is 0 Å². The Morgan fingerprint density at radius 2 is 0.837 bits per heavy atom. The van der Waals surface area contributed by atoms with Gasteiger partial charge in [-0.25, -0.2) is 26.3 Å². The maximum Gasteiger partial charge on any atom is 0.205 e. The number of aromatic hydroxyl groups is 1. The molecule has 6 aromatic rings. The Kier molecular flexibility index (Phi) is 9.87. The third kappa shape index (κ3) is 6.96. The fraction of sp³-hybridized carbons (Fsp3) is 0. The van der Waals surface area contributed by atoms with Crippen LogP contribution in [0.15, 0.2) is 122 Å². The molecule has 6 rings (SSSR count). The molecule has 0 aliphatic carbocycles. The lowest BCUT2D eigenvalue weighted by Crippen LogP contribution is -2.09. The molecule has 0 amide bonds. The predicted molar refractivity (Wildman–Crippen MR) is 174 cm³/mol. The number of benzene rings is 6. The molecule has 0 atom stereocenters. The molecule has 1 N–H and O–H groups in total. The van der Waals surface area contributed by atoms with E-state index in [1.807, 2.05) is 12.1 Å². The molecule has 0 aromatic heterocycles. The minimum atomic E-state index is -2.34. The normalized spacial score (nSPS) is 11.2. The highest BCUT2D eigenvalue weighted by molar-refractivity contribution is 7.99. The fourth-order valence-corrected chi connectivity index (χ4v) is 6.50. The van der Waals surface area contributed by atoms with Gasteiger partial charge >= 0.3 is 0 Å². The van der Waals surface area contributed by atoms with Crippen molar-refractivity contribution in [2.24, 2.45) is 0 Å². The lowest BCUT2D eigenvalue weighted by Gasteiger charge is -2.16. The molecule has 0 radical (unpaired) electrons. The highest BCUT2D eigenvalue weighted by Crippen LogP contribution is 2.44. The van der Waals surface area contributed by atoms with E-state index in [-0.39, 0.29) is 16.4 Å². The van der Waals surface area contributed by atoms with Crippen LogP contribution in [-0.4, -0.2) is 5.11 Å². The van der Waals surface area contributed by atoms with Gasteiger partial charge in [0.05, 0.1) is 16.0 Å². The molecular formula is C36H18F8O2S3. The molecule has 0 aliphatic rings. The lowest BCUT2D eigenvalue weighted by atomic mass is 10.0. The molecule has 2 nitrogen and oxygen atoms in total. The standard InChI is InChI=1S/C36H18F8O2S3/c37-27-25(28(38)32(42)35(31(27)41)46-20-7-3-18(4-8-20)17-1-5-19(45)6-2-17)26-29(39)33(43)36(34(44)30(26)40)49-24-15-13-23(14-16-24)48-22-11-9-21(47)10-12-22/h1-16,45,47H. The summed E-state index contributed by atoms with van der Waals surface area (Å²) in [5, 5.41) is 9.44. The van der Waals surface area contributed by atoms with Crippen molar-refractivity contribution in [3.05, 3.63) is 144 Å². The summed E-state index contributed by atoms with van der Waals surface area (Å²) < 4.78 is 127. The summed E-state index contributed by atoms with van der Waals surface area (Å²) in [5.74, 6) is -19.5. The van der Waals surface area contributed by atoms with Gasteiger partial charge in [-0.05, 0) is 83.9 Å². The zero-order valence-corrected chi connectivity index (χ0v) is 26.9. The van der Waals surface area contributed by atoms with Crippen molar-refractivity contribution in [3.8, 4) is 39.5 Å². The highest BCUT2D eigenvalue weighted by Gasteiger charge is 2.35. The van der Waals surface area contributed by atoms with Crippen LogP contribution in [0.1, 0.15) is 0 Å². The molecule has 0 saturated heterocycles. The molecule has 0 heterocycles. The molecule has 0 bridgehead atoms. The van der Waals surface area contributed by atoms with Crippen LogP contribution in [0.3, 0.4) is 0 Å². The van der Waals surface area contributed by atoms with Gasteiger partial charge in [0.25, 0.3) is 0 Å².